The van der Waals surface area contributed by atoms with Gasteiger partial charge in [0.1, 0.15) is 17.9 Å². The van der Waals surface area contributed by atoms with Gasteiger partial charge >= 0.3 is 0 Å². The maximum atomic E-state index is 14.6. The molecule has 184 valence electrons. The van der Waals surface area contributed by atoms with Crippen molar-refractivity contribution < 1.29 is 27.1 Å². The van der Waals surface area contributed by atoms with Crippen molar-refractivity contribution in [1.29, 1.82) is 0 Å². The Hall–Kier alpha value is -2.94. The van der Waals surface area contributed by atoms with Crippen molar-refractivity contribution in [3.05, 3.63) is 53.3 Å². The number of hydrogen-bond acceptors (Lipinski definition) is 6. The number of halogens is 1. The van der Waals surface area contributed by atoms with Gasteiger partial charge in [-0.3, -0.25) is 4.79 Å². The Morgan fingerprint density at radius 1 is 1.09 bits per heavy atom. The Morgan fingerprint density at radius 2 is 1.76 bits per heavy atom. The molecule has 0 aliphatic carbocycles. The molecule has 34 heavy (non-hydrogen) atoms. The van der Waals surface area contributed by atoms with Gasteiger partial charge in [-0.2, -0.15) is 0 Å². The molecule has 0 spiro atoms. The second kappa shape index (κ2) is 10.1. The van der Waals surface area contributed by atoms with Crippen molar-refractivity contribution in [2.24, 2.45) is 5.41 Å². The zero-order valence-electron chi connectivity index (χ0n) is 20.0. The Labute approximate surface area is 200 Å². The van der Waals surface area contributed by atoms with Crippen LogP contribution in [-0.4, -0.2) is 64.6 Å². The van der Waals surface area contributed by atoms with Crippen LogP contribution in [0.2, 0.25) is 0 Å². The van der Waals surface area contributed by atoms with E-state index in [9.17, 15) is 22.4 Å². The van der Waals surface area contributed by atoms with Crippen LogP contribution >= 0.6 is 0 Å². The molecule has 0 saturated carbocycles. The monoisotopic (exact) mass is 490 g/mol. The summed E-state index contributed by atoms with van der Waals surface area (Å²) in [5.41, 5.74) is 1.09. The van der Waals surface area contributed by atoms with Gasteiger partial charge in [-0.15, -0.1) is 0 Å². The van der Waals surface area contributed by atoms with Gasteiger partial charge in [-0.25, -0.2) is 12.8 Å². The predicted molar refractivity (Wildman–Crippen MR) is 129 cm³/mol. The van der Waals surface area contributed by atoms with Crippen LogP contribution in [0.25, 0.3) is 0 Å². The molecule has 1 aliphatic rings. The molecule has 1 fully saturated rings. The Kier molecular flexibility index (Phi) is 7.65. The lowest BCUT2D eigenvalue weighted by Crippen LogP contribution is -2.49. The summed E-state index contributed by atoms with van der Waals surface area (Å²) in [5.74, 6) is -0.389. The highest BCUT2D eigenvalue weighted by Gasteiger charge is 2.27. The molecule has 2 aromatic rings. The van der Waals surface area contributed by atoms with E-state index >= 15 is 0 Å². The fourth-order valence-corrected chi connectivity index (χ4v) is 4.32. The highest BCUT2D eigenvalue weighted by atomic mass is 32.2. The number of sulfone groups is 1. The maximum Gasteiger partial charge on any atom is 0.257 e. The SMILES string of the molecule is CC(C)(C)COc1ccc(S(C)(=O)=O)cc1C(=O)N1CCN(c2ccc(CC=O)cc2F)CC1. The van der Waals surface area contributed by atoms with Crippen LogP contribution in [-0.2, 0) is 21.1 Å². The van der Waals surface area contributed by atoms with Crippen molar-refractivity contribution in [2.75, 3.05) is 43.9 Å². The van der Waals surface area contributed by atoms with E-state index in [0.717, 1.165) is 12.5 Å². The molecular weight excluding hydrogens is 459 g/mol. The number of piperazine rings is 1. The molecule has 0 aromatic heterocycles. The first-order valence-electron chi connectivity index (χ1n) is 11.1. The molecule has 1 heterocycles. The van der Waals surface area contributed by atoms with Crippen molar-refractivity contribution in [3.8, 4) is 5.75 Å². The van der Waals surface area contributed by atoms with E-state index in [2.05, 4.69) is 0 Å². The minimum atomic E-state index is -3.51. The summed E-state index contributed by atoms with van der Waals surface area (Å²) in [6.07, 6.45) is 1.99. The average molecular weight is 491 g/mol. The fraction of sp³-hybridized carbons (Fsp3) is 0.440. The van der Waals surface area contributed by atoms with Gasteiger partial charge in [-0.05, 0) is 41.3 Å². The number of benzene rings is 2. The van der Waals surface area contributed by atoms with E-state index in [-0.39, 0.29) is 28.2 Å². The number of nitrogens with zero attached hydrogens (tertiary/aromatic N) is 2. The van der Waals surface area contributed by atoms with E-state index in [1.165, 1.54) is 24.3 Å². The quantitative estimate of drug-likeness (QED) is 0.554. The zero-order valence-corrected chi connectivity index (χ0v) is 20.8. The van der Waals surface area contributed by atoms with Gasteiger partial charge in [0.2, 0.25) is 0 Å². The van der Waals surface area contributed by atoms with Crippen molar-refractivity contribution in [1.82, 2.24) is 4.90 Å². The zero-order chi connectivity index (χ0) is 25.1. The lowest BCUT2D eigenvalue weighted by Gasteiger charge is -2.36. The second-order valence-corrected chi connectivity index (χ2v) is 11.7. The van der Waals surface area contributed by atoms with Crippen molar-refractivity contribution >= 4 is 27.7 Å². The van der Waals surface area contributed by atoms with Crippen LogP contribution in [0.1, 0.15) is 36.7 Å². The van der Waals surface area contributed by atoms with Crippen LogP contribution in [0.3, 0.4) is 0 Å². The third kappa shape index (κ3) is 6.34. The van der Waals surface area contributed by atoms with E-state index in [1.54, 1.807) is 17.0 Å². The molecule has 0 bridgehead atoms. The van der Waals surface area contributed by atoms with Gasteiger partial charge in [-0.1, -0.05) is 26.8 Å². The number of hydrogen-bond donors (Lipinski definition) is 0. The third-order valence-corrected chi connectivity index (χ3v) is 6.62. The van der Waals surface area contributed by atoms with Crippen LogP contribution in [0.15, 0.2) is 41.3 Å². The van der Waals surface area contributed by atoms with E-state index < -0.39 is 15.7 Å². The maximum absolute atomic E-state index is 14.6. The first-order valence-corrected chi connectivity index (χ1v) is 13.0. The Balaban J connectivity index is 1.79. The topological polar surface area (TPSA) is 84.0 Å². The standard InChI is InChI=1S/C25H31FN2O5S/c1-25(2,3)17-33-23-8-6-19(34(4,31)32)16-20(23)24(30)28-12-10-27(11-13-28)22-7-5-18(9-14-29)15-21(22)26/h5-8,14-16H,9-13,17H2,1-4H3. The molecular formula is C25H31FN2O5S. The first kappa shape index (κ1) is 25.7. The van der Waals surface area contributed by atoms with Crippen LogP contribution < -0.4 is 9.64 Å². The van der Waals surface area contributed by atoms with Crippen LogP contribution in [0.4, 0.5) is 10.1 Å². The second-order valence-electron chi connectivity index (χ2n) is 9.72. The molecule has 1 saturated heterocycles. The summed E-state index contributed by atoms with van der Waals surface area (Å²) < 4.78 is 44.6. The molecule has 0 unspecified atom stereocenters. The van der Waals surface area contributed by atoms with Gasteiger partial charge in [0.15, 0.2) is 9.84 Å². The summed E-state index contributed by atoms with van der Waals surface area (Å²) in [5, 5.41) is 0. The number of anilines is 1. The minimum Gasteiger partial charge on any atom is -0.492 e. The molecule has 0 radical (unpaired) electrons. The smallest absolute Gasteiger partial charge is 0.257 e. The summed E-state index contributed by atoms with van der Waals surface area (Å²) >= 11 is 0. The molecule has 7 nitrogen and oxygen atoms in total. The molecule has 0 atom stereocenters. The lowest BCUT2D eigenvalue weighted by atomic mass is 9.98. The summed E-state index contributed by atoms with van der Waals surface area (Å²) in [6.45, 7) is 7.89. The first-order chi connectivity index (χ1) is 15.9. The average Bonchev–Trinajstić information content (AvgIpc) is 2.76. The highest BCUT2D eigenvalue weighted by molar-refractivity contribution is 7.90. The molecule has 2 aromatic carbocycles. The number of amides is 1. The van der Waals surface area contributed by atoms with E-state index in [1.807, 2.05) is 25.7 Å². The molecule has 9 heteroatoms. The van der Waals surface area contributed by atoms with Gasteiger partial charge < -0.3 is 19.3 Å². The highest BCUT2D eigenvalue weighted by Crippen LogP contribution is 2.28. The largest absolute Gasteiger partial charge is 0.492 e. The van der Waals surface area contributed by atoms with Gasteiger partial charge in [0.25, 0.3) is 5.91 Å². The minimum absolute atomic E-state index is 0.0510. The predicted octanol–water partition coefficient (Wildman–Crippen LogP) is 3.36. The fourth-order valence-electron chi connectivity index (χ4n) is 3.68. The normalized spacial score (nSPS) is 14.7. The molecule has 1 aliphatic heterocycles. The summed E-state index contributed by atoms with van der Waals surface area (Å²) in [4.78, 5) is 27.6. The lowest BCUT2D eigenvalue weighted by molar-refractivity contribution is -0.107. The number of aldehydes is 1. The Morgan fingerprint density at radius 3 is 2.32 bits per heavy atom. The Bertz CT molecular complexity index is 1170. The van der Waals surface area contributed by atoms with Crippen LogP contribution in [0, 0.1) is 11.2 Å². The van der Waals surface area contributed by atoms with Gasteiger partial charge in [0, 0.05) is 38.9 Å². The van der Waals surface area contributed by atoms with Gasteiger partial charge in [0.05, 0.1) is 22.8 Å². The summed E-state index contributed by atoms with van der Waals surface area (Å²) in [7, 11) is -3.51. The summed E-state index contributed by atoms with van der Waals surface area (Å²) in [6, 6.07) is 9.07. The number of carbonyl (C=O) groups excluding carboxylic acids is 2. The molecule has 3 rings (SSSR count). The van der Waals surface area contributed by atoms with Crippen molar-refractivity contribution in [3.63, 3.8) is 0 Å². The van der Waals surface area contributed by atoms with Crippen LogP contribution in [0.5, 0.6) is 5.75 Å². The van der Waals surface area contributed by atoms with E-state index in [4.69, 9.17) is 4.74 Å². The molecule has 0 N–H and O–H groups in total. The van der Waals surface area contributed by atoms with Crippen molar-refractivity contribution in [2.45, 2.75) is 32.1 Å². The number of carbonyl (C=O) groups is 2. The number of rotatable bonds is 7. The third-order valence-electron chi connectivity index (χ3n) is 5.51. The number of ether oxygens (including phenoxy) is 1. The molecule has 1 amide bonds. The van der Waals surface area contributed by atoms with E-state index in [0.29, 0.717) is 49.8 Å².